The zero-order valence-corrected chi connectivity index (χ0v) is 17.0. The maximum Gasteiger partial charge on any atom is 0.0722 e. The van der Waals surface area contributed by atoms with Crippen LogP contribution >= 0.6 is 0 Å². The van der Waals surface area contributed by atoms with E-state index in [1.807, 2.05) is 24.7 Å². The highest BCUT2D eigenvalue weighted by Gasteiger charge is 2.40. The van der Waals surface area contributed by atoms with Gasteiger partial charge in [-0.05, 0) is 85.0 Å². The fourth-order valence-corrected chi connectivity index (χ4v) is 5.66. The average Bonchev–Trinajstić information content (AvgIpc) is 3.44. The van der Waals surface area contributed by atoms with Gasteiger partial charge in [-0.25, -0.2) is 0 Å². The molecule has 2 aliphatic rings. The molecule has 0 aliphatic heterocycles. The van der Waals surface area contributed by atoms with Gasteiger partial charge in [0.2, 0.25) is 0 Å². The number of nitrogens with zero attached hydrogens (tertiary/aromatic N) is 3. The number of hydrogen-bond acceptors (Lipinski definition) is 3. The van der Waals surface area contributed by atoms with Crippen molar-refractivity contribution in [1.82, 2.24) is 9.97 Å². The Morgan fingerprint density at radius 2 is 1.53 bits per heavy atom. The number of pyridine rings is 2. The van der Waals surface area contributed by atoms with Crippen molar-refractivity contribution in [2.75, 3.05) is 4.90 Å². The van der Waals surface area contributed by atoms with Crippen molar-refractivity contribution in [3.8, 4) is 0 Å². The van der Waals surface area contributed by atoms with Crippen LogP contribution in [0, 0.1) is 11.8 Å². The van der Waals surface area contributed by atoms with Gasteiger partial charge in [-0.15, -0.1) is 0 Å². The lowest BCUT2D eigenvalue weighted by molar-refractivity contribution is 0.420. The minimum atomic E-state index is 0.761. The lowest BCUT2D eigenvalue weighted by Gasteiger charge is -2.27. The SMILES string of the molecule is c1cnc2cc(N(c3ccncc3)c3ccc(C4CC5CCC4C5)cc3)ccc2c1. The molecule has 3 atom stereocenters. The molecule has 2 aromatic carbocycles. The van der Waals surface area contributed by atoms with E-state index >= 15 is 0 Å². The molecule has 3 heteroatoms. The topological polar surface area (TPSA) is 29.0 Å². The predicted molar refractivity (Wildman–Crippen MR) is 122 cm³/mol. The maximum absolute atomic E-state index is 4.56. The van der Waals surface area contributed by atoms with Crippen molar-refractivity contribution in [3.05, 3.63) is 90.9 Å². The first-order chi connectivity index (χ1) is 14.8. The molecule has 0 saturated heterocycles. The van der Waals surface area contributed by atoms with Crippen LogP contribution in [0.3, 0.4) is 0 Å². The summed E-state index contributed by atoms with van der Waals surface area (Å²) in [5.41, 5.74) is 5.91. The van der Waals surface area contributed by atoms with E-state index in [1.54, 1.807) is 0 Å². The van der Waals surface area contributed by atoms with Crippen molar-refractivity contribution < 1.29 is 0 Å². The van der Waals surface area contributed by atoms with Gasteiger partial charge in [-0.3, -0.25) is 9.97 Å². The molecular weight excluding hydrogens is 366 g/mol. The Bertz CT molecular complexity index is 1170. The van der Waals surface area contributed by atoms with Crippen LogP contribution in [0.4, 0.5) is 17.1 Å². The molecule has 2 fully saturated rings. The van der Waals surface area contributed by atoms with Gasteiger partial charge < -0.3 is 4.90 Å². The Balaban J connectivity index is 1.40. The van der Waals surface area contributed by atoms with Crippen LogP contribution in [0.2, 0.25) is 0 Å². The van der Waals surface area contributed by atoms with E-state index in [-0.39, 0.29) is 0 Å². The van der Waals surface area contributed by atoms with Crippen LogP contribution in [-0.2, 0) is 0 Å². The third-order valence-electron chi connectivity index (χ3n) is 7.09. The van der Waals surface area contributed by atoms with Crippen molar-refractivity contribution in [1.29, 1.82) is 0 Å². The molecular formula is C27H25N3. The first-order valence-electron chi connectivity index (χ1n) is 11.0. The molecule has 148 valence electrons. The molecule has 4 aromatic rings. The van der Waals surface area contributed by atoms with Crippen LogP contribution in [0.25, 0.3) is 10.9 Å². The third kappa shape index (κ3) is 3.06. The molecule has 0 N–H and O–H groups in total. The maximum atomic E-state index is 4.56. The van der Waals surface area contributed by atoms with E-state index in [4.69, 9.17) is 0 Å². The van der Waals surface area contributed by atoms with Gasteiger partial charge in [-0.1, -0.05) is 30.7 Å². The second-order valence-electron chi connectivity index (χ2n) is 8.79. The Kier molecular flexibility index (Phi) is 4.26. The molecule has 3 unspecified atom stereocenters. The predicted octanol–water partition coefficient (Wildman–Crippen LogP) is 7.00. The minimum Gasteiger partial charge on any atom is -0.310 e. The second-order valence-corrected chi connectivity index (χ2v) is 8.79. The molecule has 2 aliphatic carbocycles. The smallest absolute Gasteiger partial charge is 0.0722 e. The molecule has 2 aromatic heterocycles. The van der Waals surface area contributed by atoms with Crippen molar-refractivity contribution >= 4 is 28.0 Å². The minimum absolute atomic E-state index is 0.761. The van der Waals surface area contributed by atoms with Crippen LogP contribution in [0.1, 0.15) is 37.2 Å². The first-order valence-corrected chi connectivity index (χ1v) is 11.0. The first kappa shape index (κ1) is 17.6. The molecule has 0 spiro atoms. The van der Waals surface area contributed by atoms with Crippen LogP contribution in [-0.4, -0.2) is 9.97 Å². The van der Waals surface area contributed by atoms with Crippen LogP contribution in [0.15, 0.2) is 85.3 Å². The van der Waals surface area contributed by atoms with Crippen molar-refractivity contribution in [3.63, 3.8) is 0 Å². The molecule has 3 nitrogen and oxygen atoms in total. The molecule has 6 rings (SSSR count). The largest absolute Gasteiger partial charge is 0.310 e. The number of anilines is 3. The Morgan fingerprint density at radius 1 is 0.733 bits per heavy atom. The number of benzene rings is 2. The summed E-state index contributed by atoms with van der Waals surface area (Å²) >= 11 is 0. The summed E-state index contributed by atoms with van der Waals surface area (Å²) in [6.45, 7) is 0. The fraction of sp³-hybridized carbons (Fsp3) is 0.259. The number of hydrogen-bond donors (Lipinski definition) is 0. The lowest BCUT2D eigenvalue weighted by atomic mass is 9.83. The summed E-state index contributed by atoms with van der Waals surface area (Å²) in [5.74, 6) is 2.64. The summed E-state index contributed by atoms with van der Waals surface area (Å²) in [5, 5.41) is 1.16. The van der Waals surface area contributed by atoms with Gasteiger partial charge in [0.15, 0.2) is 0 Å². The zero-order valence-electron chi connectivity index (χ0n) is 17.0. The van der Waals surface area contributed by atoms with Crippen molar-refractivity contribution in [2.45, 2.75) is 31.6 Å². The number of fused-ring (bicyclic) bond motifs is 3. The van der Waals surface area contributed by atoms with Crippen LogP contribution < -0.4 is 4.90 Å². The summed E-state index contributed by atoms with van der Waals surface area (Å²) in [4.78, 5) is 11.1. The van der Waals surface area contributed by atoms with Gasteiger partial charge in [0.25, 0.3) is 0 Å². The molecule has 2 saturated carbocycles. The number of aromatic nitrogens is 2. The summed E-state index contributed by atoms with van der Waals surface area (Å²) in [6, 6.07) is 24.0. The monoisotopic (exact) mass is 391 g/mol. The van der Waals surface area contributed by atoms with Gasteiger partial charge in [-0.2, -0.15) is 0 Å². The van der Waals surface area contributed by atoms with Gasteiger partial charge >= 0.3 is 0 Å². The second kappa shape index (κ2) is 7.24. The highest BCUT2D eigenvalue weighted by molar-refractivity contribution is 5.86. The van der Waals surface area contributed by atoms with Gasteiger partial charge in [0, 0.05) is 41.0 Å². The average molecular weight is 392 g/mol. The zero-order chi connectivity index (χ0) is 19.9. The normalized spacial score (nSPS) is 22.5. The molecule has 0 radical (unpaired) electrons. The summed E-state index contributed by atoms with van der Waals surface area (Å²) in [6.07, 6.45) is 11.3. The van der Waals surface area contributed by atoms with E-state index in [0.29, 0.717) is 0 Å². The molecule has 0 amide bonds. The Hall–Kier alpha value is -3.20. The number of rotatable bonds is 4. The molecule has 30 heavy (non-hydrogen) atoms. The van der Waals surface area contributed by atoms with E-state index < -0.39 is 0 Å². The fourth-order valence-electron chi connectivity index (χ4n) is 5.66. The highest BCUT2D eigenvalue weighted by atomic mass is 15.1. The standard InChI is InChI=1S/C27H25N3/c1-2-21-7-10-25(18-27(21)29-13-1)30(24-11-14-28-15-12-24)23-8-5-20(6-9-23)26-17-19-3-4-22(26)16-19/h1-2,5-15,18-19,22,26H,3-4,16-17H2. The van der Waals surface area contributed by atoms with E-state index in [1.165, 1.54) is 36.9 Å². The van der Waals surface area contributed by atoms with E-state index in [2.05, 4.69) is 75.5 Å². The van der Waals surface area contributed by atoms with E-state index in [9.17, 15) is 0 Å². The highest BCUT2D eigenvalue weighted by Crippen LogP contribution is 2.53. The molecule has 2 bridgehead atoms. The van der Waals surface area contributed by atoms with Crippen molar-refractivity contribution in [2.24, 2.45) is 11.8 Å². The third-order valence-corrected chi connectivity index (χ3v) is 7.09. The van der Waals surface area contributed by atoms with Crippen LogP contribution in [0.5, 0.6) is 0 Å². The molecule has 2 heterocycles. The van der Waals surface area contributed by atoms with E-state index in [0.717, 1.165) is 40.0 Å². The summed E-state index contributed by atoms with van der Waals surface area (Å²) in [7, 11) is 0. The van der Waals surface area contributed by atoms with Gasteiger partial charge in [0.1, 0.15) is 0 Å². The Morgan fingerprint density at radius 3 is 2.30 bits per heavy atom. The lowest BCUT2D eigenvalue weighted by Crippen LogP contribution is -2.11. The summed E-state index contributed by atoms with van der Waals surface area (Å²) < 4.78 is 0. The Labute approximate surface area is 177 Å². The van der Waals surface area contributed by atoms with Gasteiger partial charge in [0.05, 0.1) is 5.52 Å². The quantitative estimate of drug-likeness (QED) is 0.375.